The van der Waals surface area contributed by atoms with Crippen LogP contribution in [-0.2, 0) is 24.4 Å². The smallest absolute Gasteiger partial charge is 0.416 e. The van der Waals surface area contributed by atoms with Crippen molar-refractivity contribution in [1.82, 2.24) is 34.0 Å². The number of hydrogen-bond donors (Lipinski definition) is 2. The maximum atomic E-state index is 13.3. The summed E-state index contributed by atoms with van der Waals surface area (Å²) >= 11 is 12.3. The van der Waals surface area contributed by atoms with Crippen LogP contribution in [0.4, 0.5) is 18.0 Å². The highest BCUT2D eigenvalue weighted by molar-refractivity contribution is 6.32. The third kappa shape index (κ3) is 7.10. The minimum atomic E-state index is -4.98. The number of halogens is 5. The van der Waals surface area contributed by atoms with Gasteiger partial charge in [0, 0.05) is 24.2 Å². The summed E-state index contributed by atoms with van der Waals surface area (Å²) < 4.78 is 47.4. The lowest BCUT2D eigenvalue weighted by molar-refractivity contribution is -0.207. The molecule has 0 radical (unpaired) electrons. The molecule has 0 aliphatic carbocycles. The standard InChI is InChI=1S/C25H24Cl2F3N7O5/c1-42-11-10-34(24(40)41)14-21-31-20(32-37(21)18-5-3-2-4-17(18)27)13-36-23(39)35(12-19(38)25(28,29)30)22(33-36)15-6-8-16(26)9-7-15/h2-9,19,38H,10-14H2,1H3,(H,40,41)/t19-/m0/s1. The molecule has 42 heavy (non-hydrogen) atoms. The number of aromatic nitrogens is 6. The molecule has 1 amide bonds. The Morgan fingerprint density at radius 2 is 1.81 bits per heavy atom. The van der Waals surface area contributed by atoms with Gasteiger partial charge in [0.25, 0.3) is 0 Å². The quantitative estimate of drug-likeness (QED) is 0.256. The third-order valence-electron chi connectivity index (χ3n) is 6.02. The lowest BCUT2D eigenvalue weighted by Gasteiger charge is -2.18. The highest BCUT2D eigenvalue weighted by atomic mass is 35.5. The molecule has 4 aromatic rings. The maximum absolute atomic E-state index is 13.3. The number of alkyl halides is 3. The number of ether oxygens (including phenoxy) is 1. The molecule has 4 rings (SSSR count). The molecular formula is C25H24Cl2F3N7O5. The van der Waals surface area contributed by atoms with Crippen LogP contribution in [0.25, 0.3) is 17.1 Å². The van der Waals surface area contributed by atoms with Crippen molar-refractivity contribution in [2.45, 2.75) is 31.9 Å². The number of para-hydroxylation sites is 1. The Kier molecular flexibility index (Phi) is 9.56. The van der Waals surface area contributed by atoms with Crippen molar-refractivity contribution in [2.75, 3.05) is 20.3 Å². The molecule has 2 aromatic heterocycles. The van der Waals surface area contributed by atoms with E-state index in [2.05, 4.69) is 15.2 Å². The molecule has 0 aliphatic heterocycles. The molecule has 2 heterocycles. The van der Waals surface area contributed by atoms with Crippen molar-refractivity contribution >= 4 is 29.3 Å². The number of amides is 1. The molecule has 224 valence electrons. The average Bonchev–Trinajstić information content (AvgIpc) is 3.47. The predicted octanol–water partition coefficient (Wildman–Crippen LogP) is 3.70. The molecule has 0 aliphatic rings. The Balaban J connectivity index is 1.77. The number of nitrogens with zero attached hydrogens (tertiary/aromatic N) is 7. The van der Waals surface area contributed by atoms with E-state index in [4.69, 9.17) is 27.9 Å². The molecule has 17 heteroatoms. The summed E-state index contributed by atoms with van der Waals surface area (Å²) in [5, 5.41) is 28.6. The van der Waals surface area contributed by atoms with Crippen molar-refractivity contribution in [2.24, 2.45) is 0 Å². The van der Waals surface area contributed by atoms with E-state index in [1.165, 1.54) is 36.1 Å². The highest BCUT2D eigenvalue weighted by Crippen LogP contribution is 2.25. The topological polar surface area (TPSA) is 141 Å². The fourth-order valence-corrected chi connectivity index (χ4v) is 4.27. The second-order valence-electron chi connectivity index (χ2n) is 8.94. The van der Waals surface area contributed by atoms with E-state index in [1.54, 1.807) is 24.3 Å². The van der Waals surface area contributed by atoms with Crippen molar-refractivity contribution < 1.29 is 32.9 Å². The number of aliphatic hydroxyl groups is 1. The summed E-state index contributed by atoms with van der Waals surface area (Å²) in [5.41, 5.74) is -0.320. The first kappa shape index (κ1) is 31.0. The van der Waals surface area contributed by atoms with Crippen LogP contribution >= 0.6 is 23.2 Å². The minimum Gasteiger partial charge on any atom is -0.465 e. The Bertz CT molecular complexity index is 1610. The normalized spacial score (nSPS) is 12.5. The summed E-state index contributed by atoms with van der Waals surface area (Å²) in [6.07, 6.45) is -9.06. The Labute approximate surface area is 246 Å². The van der Waals surface area contributed by atoms with Crippen LogP contribution in [-0.4, -0.2) is 82.9 Å². The van der Waals surface area contributed by atoms with E-state index in [0.29, 0.717) is 15.3 Å². The van der Waals surface area contributed by atoms with E-state index in [0.717, 1.165) is 9.58 Å². The van der Waals surface area contributed by atoms with Gasteiger partial charge in [0.15, 0.2) is 23.6 Å². The molecule has 0 unspecified atom stereocenters. The third-order valence-corrected chi connectivity index (χ3v) is 6.59. The highest BCUT2D eigenvalue weighted by Gasteiger charge is 2.39. The van der Waals surface area contributed by atoms with Gasteiger partial charge in [-0.2, -0.15) is 13.2 Å². The van der Waals surface area contributed by atoms with Crippen molar-refractivity contribution in [1.29, 1.82) is 0 Å². The zero-order valence-corrected chi connectivity index (χ0v) is 23.4. The molecule has 12 nitrogen and oxygen atoms in total. The van der Waals surface area contributed by atoms with E-state index < -0.39 is 37.2 Å². The molecule has 2 aromatic carbocycles. The average molecular weight is 630 g/mol. The first-order valence-electron chi connectivity index (χ1n) is 12.2. The Hall–Kier alpha value is -3.92. The van der Waals surface area contributed by atoms with Gasteiger partial charge in [-0.3, -0.25) is 9.47 Å². The van der Waals surface area contributed by atoms with Gasteiger partial charge >= 0.3 is 18.0 Å². The van der Waals surface area contributed by atoms with Crippen LogP contribution in [0, 0.1) is 0 Å². The van der Waals surface area contributed by atoms with Gasteiger partial charge < -0.3 is 14.9 Å². The SMILES string of the molecule is COCCN(Cc1nc(Cn2nc(-c3ccc(Cl)cc3)n(C[C@H](O)C(F)(F)F)c2=O)nn1-c1ccccc1Cl)C(=O)O. The fourth-order valence-electron chi connectivity index (χ4n) is 3.92. The zero-order chi connectivity index (χ0) is 30.6. The molecule has 0 spiro atoms. The molecule has 2 N–H and O–H groups in total. The van der Waals surface area contributed by atoms with Crippen LogP contribution in [0.5, 0.6) is 0 Å². The van der Waals surface area contributed by atoms with Gasteiger partial charge in [-0.05, 0) is 36.4 Å². The van der Waals surface area contributed by atoms with E-state index in [-0.39, 0.29) is 47.8 Å². The van der Waals surface area contributed by atoms with Crippen LogP contribution < -0.4 is 5.69 Å². The lowest BCUT2D eigenvalue weighted by atomic mass is 10.2. The minimum absolute atomic E-state index is 0.00669. The number of hydrogen-bond acceptors (Lipinski definition) is 7. The molecular weight excluding hydrogens is 606 g/mol. The molecule has 0 saturated carbocycles. The molecule has 1 atom stereocenters. The number of carbonyl (C=O) groups is 1. The number of benzene rings is 2. The Morgan fingerprint density at radius 1 is 1.12 bits per heavy atom. The van der Waals surface area contributed by atoms with Crippen molar-refractivity contribution in [3.63, 3.8) is 0 Å². The second kappa shape index (κ2) is 12.9. The van der Waals surface area contributed by atoms with Crippen molar-refractivity contribution in [3.8, 4) is 17.1 Å². The number of rotatable bonds is 11. The fraction of sp³-hybridized carbons (Fsp3) is 0.320. The van der Waals surface area contributed by atoms with Crippen LogP contribution in [0.2, 0.25) is 10.0 Å². The zero-order valence-electron chi connectivity index (χ0n) is 21.9. The number of aliphatic hydroxyl groups excluding tert-OH is 1. The van der Waals surface area contributed by atoms with Crippen LogP contribution in [0.3, 0.4) is 0 Å². The van der Waals surface area contributed by atoms with Gasteiger partial charge in [-0.25, -0.2) is 23.9 Å². The van der Waals surface area contributed by atoms with Crippen LogP contribution in [0.15, 0.2) is 53.3 Å². The Morgan fingerprint density at radius 3 is 2.43 bits per heavy atom. The van der Waals surface area contributed by atoms with Gasteiger partial charge in [0.1, 0.15) is 6.54 Å². The van der Waals surface area contributed by atoms with Crippen LogP contribution in [0.1, 0.15) is 11.6 Å². The first-order valence-corrected chi connectivity index (χ1v) is 13.0. The summed E-state index contributed by atoms with van der Waals surface area (Å²) in [4.78, 5) is 30.6. The molecule has 0 fully saturated rings. The lowest BCUT2D eigenvalue weighted by Crippen LogP contribution is -2.37. The summed E-state index contributed by atoms with van der Waals surface area (Å²) in [6.45, 7) is -1.60. The summed E-state index contributed by atoms with van der Waals surface area (Å²) in [6, 6.07) is 12.5. The number of methoxy groups -OCH3 is 1. The summed E-state index contributed by atoms with van der Waals surface area (Å²) in [5.74, 6) is -0.00961. The first-order chi connectivity index (χ1) is 19.9. The van der Waals surface area contributed by atoms with Gasteiger partial charge in [-0.1, -0.05) is 35.3 Å². The molecule has 0 bridgehead atoms. The van der Waals surface area contributed by atoms with Gasteiger partial charge in [0.2, 0.25) is 0 Å². The summed E-state index contributed by atoms with van der Waals surface area (Å²) in [7, 11) is 1.42. The second-order valence-corrected chi connectivity index (χ2v) is 9.79. The van der Waals surface area contributed by atoms with Gasteiger partial charge in [0.05, 0.1) is 30.4 Å². The monoisotopic (exact) mass is 629 g/mol. The van der Waals surface area contributed by atoms with Gasteiger partial charge in [-0.15, -0.1) is 10.2 Å². The van der Waals surface area contributed by atoms with E-state index in [1.807, 2.05) is 0 Å². The molecule has 0 saturated heterocycles. The van der Waals surface area contributed by atoms with E-state index >= 15 is 0 Å². The predicted molar refractivity (Wildman–Crippen MR) is 145 cm³/mol. The van der Waals surface area contributed by atoms with E-state index in [9.17, 15) is 33.0 Å². The number of carboxylic acid groups (broad SMARTS) is 1. The maximum Gasteiger partial charge on any atom is 0.416 e. The van der Waals surface area contributed by atoms with Crippen molar-refractivity contribution in [3.05, 3.63) is 80.7 Å². The largest absolute Gasteiger partial charge is 0.465 e.